The Morgan fingerprint density at radius 3 is 2.52 bits per heavy atom. The van der Waals surface area contributed by atoms with Crippen LogP contribution in [0.4, 0.5) is 14.5 Å². The van der Waals surface area contributed by atoms with E-state index in [4.69, 9.17) is 11.6 Å². The van der Waals surface area contributed by atoms with Crippen molar-refractivity contribution in [3.05, 3.63) is 53.1 Å². The molecule has 0 aliphatic rings. The van der Waals surface area contributed by atoms with Crippen molar-refractivity contribution in [3.8, 4) is 5.75 Å². The lowest BCUT2D eigenvalue weighted by Gasteiger charge is -2.13. The summed E-state index contributed by atoms with van der Waals surface area (Å²) in [5.41, 5.74) is 1.29. The second-order valence-electron chi connectivity index (χ2n) is 4.59. The predicted molar refractivity (Wildman–Crippen MR) is 84.7 cm³/mol. The molecule has 0 bridgehead atoms. The van der Waals surface area contributed by atoms with E-state index in [2.05, 4.69) is 9.46 Å². The summed E-state index contributed by atoms with van der Waals surface area (Å²) in [6.07, 6.45) is 0.653. The normalized spacial score (nSPS) is 11.5. The van der Waals surface area contributed by atoms with E-state index in [1.54, 1.807) is 12.1 Å². The van der Waals surface area contributed by atoms with Gasteiger partial charge in [0.1, 0.15) is 5.75 Å². The number of para-hydroxylation sites is 1. The molecule has 1 N–H and O–H groups in total. The first kappa shape index (κ1) is 17.5. The molecule has 0 saturated carbocycles. The third kappa shape index (κ3) is 4.33. The Morgan fingerprint density at radius 1 is 1.22 bits per heavy atom. The van der Waals surface area contributed by atoms with Crippen molar-refractivity contribution in [3.63, 3.8) is 0 Å². The maximum atomic E-state index is 12.4. The first-order valence-corrected chi connectivity index (χ1v) is 8.54. The van der Waals surface area contributed by atoms with Crippen LogP contribution in [-0.2, 0) is 16.4 Å². The van der Waals surface area contributed by atoms with Crippen molar-refractivity contribution in [2.24, 2.45) is 0 Å². The van der Waals surface area contributed by atoms with Crippen molar-refractivity contribution in [2.45, 2.75) is 24.9 Å². The van der Waals surface area contributed by atoms with Crippen LogP contribution in [0.15, 0.2) is 47.4 Å². The quantitative estimate of drug-likeness (QED) is 0.834. The fourth-order valence-corrected chi connectivity index (χ4v) is 3.39. The molecule has 23 heavy (non-hydrogen) atoms. The minimum absolute atomic E-state index is 0.143. The third-order valence-electron chi connectivity index (χ3n) is 3.07. The number of nitrogens with one attached hydrogen (secondary N) is 1. The largest absolute Gasteiger partial charge is 0.433 e. The van der Waals surface area contributed by atoms with Gasteiger partial charge in [0.2, 0.25) is 0 Å². The van der Waals surface area contributed by atoms with Crippen LogP contribution in [0.5, 0.6) is 5.75 Å². The number of alkyl halides is 2. The van der Waals surface area contributed by atoms with Gasteiger partial charge in [-0.25, -0.2) is 8.42 Å². The highest BCUT2D eigenvalue weighted by Crippen LogP contribution is 2.29. The average Bonchev–Trinajstić information content (AvgIpc) is 2.49. The number of rotatable bonds is 6. The zero-order valence-corrected chi connectivity index (χ0v) is 13.7. The number of anilines is 1. The number of ether oxygens (including phenoxy) is 1. The van der Waals surface area contributed by atoms with Gasteiger partial charge >= 0.3 is 6.61 Å². The van der Waals surface area contributed by atoms with Crippen LogP contribution in [0, 0.1) is 0 Å². The number of benzene rings is 2. The number of sulfonamides is 1. The van der Waals surface area contributed by atoms with Crippen LogP contribution in [0.25, 0.3) is 0 Å². The molecule has 0 aromatic heterocycles. The minimum atomic E-state index is -3.89. The Morgan fingerprint density at radius 2 is 1.91 bits per heavy atom. The van der Waals surface area contributed by atoms with E-state index < -0.39 is 16.6 Å². The van der Waals surface area contributed by atoms with E-state index in [-0.39, 0.29) is 15.7 Å². The SMILES string of the molecule is CCc1ccccc1NS(=O)(=O)c1ccc(OC(F)F)c(Cl)c1. The second-order valence-corrected chi connectivity index (χ2v) is 6.68. The van der Waals surface area contributed by atoms with E-state index >= 15 is 0 Å². The zero-order chi connectivity index (χ0) is 17.0. The van der Waals surface area contributed by atoms with Crippen molar-refractivity contribution in [2.75, 3.05) is 4.72 Å². The van der Waals surface area contributed by atoms with Crippen molar-refractivity contribution < 1.29 is 21.9 Å². The minimum Gasteiger partial charge on any atom is -0.433 e. The molecular formula is C15H14ClF2NO3S. The summed E-state index contributed by atoms with van der Waals surface area (Å²) in [6.45, 7) is -1.13. The van der Waals surface area contributed by atoms with Crippen LogP contribution in [0.1, 0.15) is 12.5 Å². The molecule has 0 heterocycles. The lowest BCUT2D eigenvalue weighted by molar-refractivity contribution is -0.0498. The summed E-state index contributed by atoms with van der Waals surface area (Å²) in [4.78, 5) is -0.143. The van der Waals surface area contributed by atoms with Crippen LogP contribution in [0.3, 0.4) is 0 Å². The van der Waals surface area contributed by atoms with E-state index in [0.29, 0.717) is 12.1 Å². The topological polar surface area (TPSA) is 55.4 Å². The van der Waals surface area contributed by atoms with E-state index in [1.165, 1.54) is 0 Å². The molecule has 4 nitrogen and oxygen atoms in total. The summed E-state index contributed by atoms with van der Waals surface area (Å²) in [5.74, 6) is -0.283. The van der Waals surface area contributed by atoms with Gasteiger partial charge in [0.05, 0.1) is 15.6 Å². The average molecular weight is 362 g/mol. The Hall–Kier alpha value is -1.86. The van der Waals surface area contributed by atoms with Gasteiger partial charge in [0.25, 0.3) is 10.0 Å². The molecular weight excluding hydrogens is 348 g/mol. The highest BCUT2D eigenvalue weighted by molar-refractivity contribution is 7.92. The Labute approximate surface area is 138 Å². The molecule has 0 spiro atoms. The van der Waals surface area contributed by atoms with Gasteiger partial charge in [0, 0.05) is 0 Å². The van der Waals surface area contributed by atoms with E-state index in [0.717, 1.165) is 23.8 Å². The van der Waals surface area contributed by atoms with Crippen molar-refractivity contribution >= 4 is 27.3 Å². The lowest BCUT2D eigenvalue weighted by Crippen LogP contribution is -2.14. The first-order chi connectivity index (χ1) is 10.8. The highest BCUT2D eigenvalue weighted by atomic mass is 35.5. The van der Waals surface area contributed by atoms with Gasteiger partial charge in [0.15, 0.2) is 0 Å². The summed E-state index contributed by atoms with van der Waals surface area (Å²) in [6, 6.07) is 10.3. The smallest absolute Gasteiger partial charge is 0.387 e. The maximum Gasteiger partial charge on any atom is 0.387 e. The molecule has 0 aliphatic heterocycles. The number of hydrogen-bond donors (Lipinski definition) is 1. The highest BCUT2D eigenvalue weighted by Gasteiger charge is 2.18. The first-order valence-electron chi connectivity index (χ1n) is 6.68. The molecule has 2 aromatic carbocycles. The predicted octanol–water partition coefficient (Wildman–Crippen LogP) is 4.30. The van der Waals surface area contributed by atoms with Crippen molar-refractivity contribution in [1.82, 2.24) is 0 Å². The molecule has 0 radical (unpaired) electrons. The fraction of sp³-hybridized carbons (Fsp3) is 0.200. The van der Waals surface area contributed by atoms with Gasteiger partial charge in [-0.1, -0.05) is 36.7 Å². The molecule has 0 unspecified atom stereocenters. The van der Waals surface area contributed by atoms with Crippen molar-refractivity contribution in [1.29, 1.82) is 0 Å². The van der Waals surface area contributed by atoms with Crippen LogP contribution < -0.4 is 9.46 Å². The third-order valence-corrected chi connectivity index (χ3v) is 4.73. The molecule has 0 saturated heterocycles. The number of aryl methyl sites for hydroxylation is 1. The monoisotopic (exact) mass is 361 g/mol. The number of halogens is 3. The molecule has 124 valence electrons. The molecule has 8 heteroatoms. The Bertz CT molecular complexity index is 797. The molecule has 2 rings (SSSR count). The molecule has 0 amide bonds. The van der Waals surface area contributed by atoms with Gasteiger partial charge in [-0.2, -0.15) is 8.78 Å². The molecule has 0 fully saturated rings. The maximum absolute atomic E-state index is 12.4. The Balaban J connectivity index is 2.31. The van der Waals surface area contributed by atoms with Gasteiger partial charge < -0.3 is 4.74 Å². The number of hydrogen-bond acceptors (Lipinski definition) is 3. The standard InChI is InChI=1S/C15H14ClF2NO3S/c1-2-10-5-3-4-6-13(10)19-23(20,21)11-7-8-14(12(16)9-11)22-15(17)18/h3-9,15,19H,2H2,1H3. The zero-order valence-electron chi connectivity index (χ0n) is 12.1. The lowest BCUT2D eigenvalue weighted by atomic mass is 10.1. The van der Waals surface area contributed by atoms with E-state index in [1.807, 2.05) is 19.1 Å². The molecule has 2 aromatic rings. The summed E-state index contributed by atoms with van der Waals surface area (Å²) >= 11 is 5.79. The fourth-order valence-electron chi connectivity index (χ4n) is 1.97. The summed E-state index contributed by atoms with van der Waals surface area (Å²) in [7, 11) is -3.89. The molecule has 0 atom stereocenters. The van der Waals surface area contributed by atoms with E-state index in [9.17, 15) is 17.2 Å². The summed E-state index contributed by atoms with van der Waals surface area (Å²) < 4.78 is 55.8. The molecule has 0 aliphatic carbocycles. The Kier molecular flexibility index (Phi) is 5.43. The summed E-state index contributed by atoms with van der Waals surface area (Å²) in [5, 5.41) is -0.211. The van der Waals surface area contributed by atoms with Crippen LogP contribution >= 0.6 is 11.6 Å². The second kappa shape index (κ2) is 7.14. The van der Waals surface area contributed by atoms with Crippen LogP contribution in [-0.4, -0.2) is 15.0 Å². The van der Waals surface area contributed by atoms with Gasteiger partial charge in [-0.05, 0) is 36.2 Å². The van der Waals surface area contributed by atoms with Gasteiger partial charge in [-0.3, -0.25) is 4.72 Å². The van der Waals surface area contributed by atoms with Gasteiger partial charge in [-0.15, -0.1) is 0 Å². The van der Waals surface area contributed by atoms with Crippen LogP contribution in [0.2, 0.25) is 5.02 Å².